The Kier molecular flexibility index (Phi) is 5.01. The fourth-order valence-corrected chi connectivity index (χ4v) is 2.34. The van der Waals surface area contributed by atoms with E-state index in [0.717, 1.165) is 19.6 Å². The first-order chi connectivity index (χ1) is 8.34. The Labute approximate surface area is 104 Å². The summed E-state index contributed by atoms with van der Waals surface area (Å²) in [4.78, 5) is 2.57. The number of likely N-dealkylation sites (tertiary alicyclic amines) is 1. The molecule has 1 aliphatic rings. The summed E-state index contributed by atoms with van der Waals surface area (Å²) in [6, 6.07) is 0. The van der Waals surface area contributed by atoms with Crippen LogP contribution in [0.5, 0.6) is 0 Å². The minimum Gasteiger partial charge on any atom is -0.315 e. The Balaban J connectivity index is 1.46. The summed E-state index contributed by atoms with van der Waals surface area (Å²) in [7, 11) is 0. The average molecular weight is 236 g/mol. The first kappa shape index (κ1) is 12.6. The third kappa shape index (κ3) is 4.48. The number of hydrogen-bond donors (Lipinski definition) is 1. The van der Waals surface area contributed by atoms with Crippen molar-refractivity contribution in [2.45, 2.75) is 32.7 Å². The molecule has 0 bridgehead atoms. The van der Waals surface area contributed by atoms with Crippen LogP contribution in [0.25, 0.3) is 0 Å². The van der Waals surface area contributed by atoms with Crippen LogP contribution in [0.3, 0.4) is 0 Å². The molecule has 4 nitrogen and oxygen atoms in total. The molecule has 1 aliphatic heterocycles. The zero-order valence-electron chi connectivity index (χ0n) is 10.9. The Hall–Kier alpha value is -0.870. The minimum absolute atomic E-state index is 0.970. The maximum Gasteiger partial charge on any atom is 0.0534 e. The zero-order valence-corrected chi connectivity index (χ0v) is 10.9. The van der Waals surface area contributed by atoms with Gasteiger partial charge in [-0.2, -0.15) is 5.10 Å². The van der Waals surface area contributed by atoms with Crippen molar-refractivity contribution in [1.29, 1.82) is 0 Å². The van der Waals surface area contributed by atoms with E-state index < -0.39 is 0 Å². The Morgan fingerprint density at radius 3 is 2.76 bits per heavy atom. The van der Waals surface area contributed by atoms with Crippen molar-refractivity contribution < 1.29 is 0 Å². The molecule has 2 rings (SSSR count). The fourth-order valence-electron chi connectivity index (χ4n) is 2.34. The third-order valence-corrected chi connectivity index (χ3v) is 3.31. The number of aryl methyl sites for hydroxylation is 1. The van der Waals surface area contributed by atoms with E-state index in [4.69, 9.17) is 0 Å². The molecule has 17 heavy (non-hydrogen) atoms. The molecule has 2 heterocycles. The second-order valence-electron chi connectivity index (χ2n) is 4.93. The van der Waals surface area contributed by atoms with Gasteiger partial charge in [0.2, 0.25) is 0 Å². The van der Waals surface area contributed by atoms with E-state index in [1.165, 1.54) is 44.5 Å². The van der Waals surface area contributed by atoms with Gasteiger partial charge in [0.1, 0.15) is 0 Å². The molecular formula is C13H24N4. The predicted octanol–water partition coefficient (Wildman–Crippen LogP) is 1.27. The van der Waals surface area contributed by atoms with Crippen LogP contribution in [-0.2, 0) is 6.54 Å². The number of aromatic nitrogens is 2. The van der Waals surface area contributed by atoms with Crippen LogP contribution in [0.15, 0.2) is 12.4 Å². The minimum atomic E-state index is 0.970. The average Bonchev–Trinajstić information content (AvgIpc) is 2.95. The maximum atomic E-state index is 4.27. The molecule has 0 atom stereocenters. The van der Waals surface area contributed by atoms with Crippen LogP contribution in [0, 0.1) is 6.92 Å². The first-order valence-corrected chi connectivity index (χ1v) is 6.77. The second kappa shape index (κ2) is 6.77. The van der Waals surface area contributed by atoms with Crippen LogP contribution < -0.4 is 5.32 Å². The molecule has 1 N–H and O–H groups in total. The van der Waals surface area contributed by atoms with Gasteiger partial charge in [0.05, 0.1) is 12.7 Å². The number of nitrogens with one attached hydrogen (secondary N) is 1. The predicted molar refractivity (Wildman–Crippen MR) is 70.1 cm³/mol. The third-order valence-electron chi connectivity index (χ3n) is 3.31. The van der Waals surface area contributed by atoms with Gasteiger partial charge in [0, 0.05) is 12.7 Å². The van der Waals surface area contributed by atoms with Gasteiger partial charge in [0.25, 0.3) is 0 Å². The highest BCUT2D eigenvalue weighted by Crippen LogP contribution is 2.06. The van der Waals surface area contributed by atoms with Gasteiger partial charge in [-0.25, -0.2) is 0 Å². The number of rotatable bonds is 7. The molecule has 1 aromatic heterocycles. The van der Waals surface area contributed by atoms with Crippen LogP contribution >= 0.6 is 0 Å². The van der Waals surface area contributed by atoms with E-state index in [0.29, 0.717) is 0 Å². The molecule has 0 unspecified atom stereocenters. The molecule has 1 saturated heterocycles. The molecule has 96 valence electrons. The van der Waals surface area contributed by atoms with Crippen LogP contribution in [0.2, 0.25) is 0 Å². The van der Waals surface area contributed by atoms with Crippen molar-refractivity contribution in [3.63, 3.8) is 0 Å². The topological polar surface area (TPSA) is 33.1 Å². The van der Waals surface area contributed by atoms with Gasteiger partial charge >= 0.3 is 0 Å². The summed E-state index contributed by atoms with van der Waals surface area (Å²) < 4.78 is 2.00. The highest BCUT2D eigenvalue weighted by atomic mass is 15.3. The number of hydrogen-bond acceptors (Lipinski definition) is 3. The van der Waals surface area contributed by atoms with E-state index in [9.17, 15) is 0 Å². The van der Waals surface area contributed by atoms with Gasteiger partial charge in [-0.15, -0.1) is 0 Å². The van der Waals surface area contributed by atoms with Crippen molar-refractivity contribution in [1.82, 2.24) is 20.0 Å². The summed E-state index contributed by atoms with van der Waals surface area (Å²) >= 11 is 0. The van der Waals surface area contributed by atoms with Crippen LogP contribution in [0.4, 0.5) is 0 Å². The van der Waals surface area contributed by atoms with E-state index in [-0.39, 0.29) is 0 Å². The summed E-state index contributed by atoms with van der Waals surface area (Å²) in [5, 5.41) is 7.74. The van der Waals surface area contributed by atoms with Crippen molar-refractivity contribution in [3.8, 4) is 0 Å². The highest BCUT2D eigenvalue weighted by molar-refractivity contribution is 4.99. The van der Waals surface area contributed by atoms with E-state index in [1.807, 2.05) is 10.9 Å². The van der Waals surface area contributed by atoms with Gasteiger partial charge < -0.3 is 10.2 Å². The Morgan fingerprint density at radius 1 is 1.24 bits per heavy atom. The number of nitrogens with zero attached hydrogens (tertiary/aromatic N) is 3. The van der Waals surface area contributed by atoms with Crippen molar-refractivity contribution in [2.24, 2.45) is 0 Å². The summed E-state index contributed by atoms with van der Waals surface area (Å²) in [5.41, 5.74) is 1.24. The summed E-state index contributed by atoms with van der Waals surface area (Å²) in [6.07, 6.45) is 8.05. The standard InChI is InChI=1S/C13H24N4/c1-13-11-15-17(12-13)10-6-14-5-4-9-16-7-2-3-8-16/h11-12,14H,2-10H2,1H3. The highest BCUT2D eigenvalue weighted by Gasteiger charge is 2.09. The quantitative estimate of drug-likeness (QED) is 0.724. The van der Waals surface area contributed by atoms with E-state index in [1.54, 1.807) is 0 Å². The molecular weight excluding hydrogens is 212 g/mol. The van der Waals surface area contributed by atoms with Crippen LogP contribution in [-0.4, -0.2) is 47.4 Å². The molecule has 1 aromatic rings. The molecule has 0 aromatic carbocycles. The fraction of sp³-hybridized carbons (Fsp3) is 0.769. The molecule has 1 fully saturated rings. The van der Waals surface area contributed by atoms with Gasteiger partial charge in [-0.05, 0) is 57.9 Å². The molecule has 0 saturated carbocycles. The van der Waals surface area contributed by atoms with Gasteiger partial charge in [0.15, 0.2) is 0 Å². The summed E-state index contributed by atoms with van der Waals surface area (Å²) in [6.45, 7) is 9.06. The second-order valence-corrected chi connectivity index (χ2v) is 4.93. The SMILES string of the molecule is Cc1cnn(CCNCCCN2CCCC2)c1. The van der Waals surface area contributed by atoms with Gasteiger partial charge in [-0.1, -0.05) is 0 Å². The molecule has 0 aliphatic carbocycles. The van der Waals surface area contributed by atoms with Crippen molar-refractivity contribution in [2.75, 3.05) is 32.7 Å². The molecule has 0 spiro atoms. The monoisotopic (exact) mass is 236 g/mol. The smallest absolute Gasteiger partial charge is 0.0534 e. The van der Waals surface area contributed by atoms with Crippen molar-refractivity contribution >= 4 is 0 Å². The largest absolute Gasteiger partial charge is 0.315 e. The Morgan fingerprint density at radius 2 is 2.06 bits per heavy atom. The molecule has 0 amide bonds. The lowest BCUT2D eigenvalue weighted by molar-refractivity contribution is 0.330. The molecule has 0 radical (unpaired) electrons. The normalized spacial score (nSPS) is 16.8. The lowest BCUT2D eigenvalue weighted by Gasteiger charge is -2.14. The maximum absolute atomic E-state index is 4.27. The lowest BCUT2D eigenvalue weighted by atomic mass is 10.4. The van der Waals surface area contributed by atoms with Crippen molar-refractivity contribution in [3.05, 3.63) is 18.0 Å². The van der Waals surface area contributed by atoms with Crippen LogP contribution in [0.1, 0.15) is 24.8 Å². The first-order valence-electron chi connectivity index (χ1n) is 6.77. The van der Waals surface area contributed by atoms with E-state index >= 15 is 0 Å². The molecule has 4 heteroatoms. The lowest BCUT2D eigenvalue weighted by Crippen LogP contribution is -2.26. The Bertz CT molecular complexity index is 315. The van der Waals surface area contributed by atoms with Gasteiger partial charge in [-0.3, -0.25) is 4.68 Å². The van der Waals surface area contributed by atoms with E-state index in [2.05, 4.69) is 28.4 Å². The zero-order chi connectivity index (χ0) is 11.9. The summed E-state index contributed by atoms with van der Waals surface area (Å²) in [5.74, 6) is 0.